The Morgan fingerprint density at radius 3 is 2.71 bits per heavy atom. The van der Waals surface area contributed by atoms with Crippen LogP contribution in [-0.2, 0) is 11.3 Å². The number of carbonyl (C=O) groups is 1. The number of methoxy groups -OCH3 is 1. The Morgan fingerprint density at radius 1 is 1.43 bits per heavy atom. The van der Waals surface area contributed by atoms with Crippen molar-refractivity contribution in [2.75, 3.05) is 7.11 Å². The zero-order valence-electron chi connectivity index (χ0n) is 12.4. The second kappa shape index (κ2) is 7.23. The van der Waals surface area contributed by atoms with E-state index < -0.39 is 5.54 Å². The highest BCUT2D eigenvalue weighted by atomic mass is 16.5. The Bertz CT molecular complexity index is 510. The molecule has 1 saturated carbocycles. The second-order valence-electron chi connectivity index (χ2n) is 5.53. The van der Waals surface area contributed by atoms with Crippen LogP contribution >= 0.6 is 0 Å². The van der Waals surface area contributed by atoms with Crippen molar-refractivity contribution in [3.05, 3.63) is 17.5 Å². The van der Waals surface area contributed by atoms with Crippen molar-refractivity contribution in [2.45, 2.75) is 57.1 Å². The number of ether oxygens (including phenoxy) is 1. The standard InChI is InChI=1S/C15H21N3O3/c1-20-10-12-9-13(18-21-12)14(19)17-15(11-16)7-5-3-2-4-6-8-15/h9H,2-8,10H2,1H3,(H,17,19). The van der Waals surface area contributed by atoms with Crippen molar-refractivity contribution in [3.8, 4) is 6.07 Å². The fourth-order valence-corrected chi connectivity index (χ4v) is 2.69. The Balaban J connectivity index is 2.05. The monoisotopic (exact) mass is 291 g/mol. The van der Waals surface area contributed by atoms with E-state index in [1.807, 2.05) is 0 Å². The quantitative estimate of drug-likeness (QED) is 0.921. The number of hydrogen-bond donors (Lipinski definition) is 1. The summed E-state index contributed by atoms with van der Waals surface area (Å²) in [7, 11) is 1.54. The molecule has 6 nitrogen and oxygen atoms in total. The molecule has 0 atom stereocenters. The minimum Gasteiger partial charge on any atom is -0.377 e. The molecular formula is C15H21N3O3. The zero-order chi connectivity index (χ0) is 15.1. The normalized spacial score (nSPS) is 18.3. The molecule has 0 unspecified atom stereocenters. The summed E-state index contributed by atoms with van der Waals surface area (Å²) in [6.45, 7) is 0.268. The summed E-state index contributed by atoms with van der Waals surface area (Å²) in [4.78, 5) is 12.3. The molecule has 1 aromatic rings. The summed E-state index contributed by atoms with van der Waals surface area (Å²) in [5, 5.41) is 16.1. The van der Waals surface area contributed by atoms with Crippen LogP contribution in [0.1, 0.15) is 61.2 Å². The Kier molecular flexibility index (Phi) is 5.34. The van der Waals surface area contributed by atoms with E-state index in [-0.39, 0.29) is 18.2 Å². The molecule has 0 spiro atoms. The van der Waals surface area contributed by atoms with Crippen LogP contribution in [0.5, 0.6) is 0 Å². The molecule has 0 radical (unpaired) electrons. The number of hydrogen-bond acceptors (Lipinski definition) is 5. The maximum Gasteiger partial charge on any atom is 0.274 e. The SMILES string of the molecule is COCc1cc(C(=O)NC2(C#N)CCCCCCC2)no1. The average Bonchev–Trinajstić information content (AvgIpc) is 2.91. The van der Waals surface area contributed by atoms with Crippen molar-refractivity contribution >= 4 is 5.91 Å². The van der Waals surface area contributed by atoms with Crippen LogP contribution < -0.4 is 5.32 Å². The van der Waals surface area contributed by atoms with Gasteiger partial charge in [-0.2, -0.15) is 5.26 Å². The van der Waals surface area contributed by atoms with E-state index >= 15 is 0 Å². The molecule has 1 aliphatic carbocycles. The summed E-state index contributed by atoms with van der Waals surface area (Å²) in [6, 6.07) is 3.85. The highest BCUT2D eigenvalue weighted by Crippen LogP contribution is 2.26. The molecule has 1 fully saturated rings. The van der Waals surface area contributed by atoms with E-state index in [0.717, 1.165) is 25.7 Å². The van der Waals surface area contributed by atoms with Gasteiger partial charge in [0.2, 0.25) is 0 Å². The van der Waals surface area contributed by atoms with Crippen LogP contribution in [-0.4, -0.2) is 23.7 Å². The molecule has 1 heterocycles. The maximum absolute atomic E-state index is 12.3. The number of nitrogens with one attached hydrogen (secondary N) is 1. The first-order valence-electron chi connectivity index (χ1n) is 7.37. The first-order valence-corrected chi connectivity index (χ1v) is 7.37. The van der Waals surface area contributed by atoms with Crippen molar-refractivity contribution in [1.29, 1.82) is 5.26 Å². The molecule has 0 aliphatic heterocycles. The number of amides is 1. The molecule has 2 rings (SSSR count). The molecule has 0 saturated heterocycles. The van der Waals surface area contributed by atoms with Gasteiger partial charge in [0.15, 0.2) is 11.5 Å². The van der Waals surface area contributed by atoms with Gasteiger partial charge >= 0.3 is 0 Å². The maximum atomic E-state index is 12.3. The number of carbonyl (C=O) groups excluding carboxylic acids is 1. The average molecular weight is 291 g/mol. The molecule has 1 amide bonds. The lowest BCUT2D eigenvalue weighted by Gasteiger charge is -2.29. The van der Waals surface area contributed by atoms with Gasteiger partial charge in [0.25, 0.3) is 5.91 Å². The highest BCUT2D eigenvalue weighted by Gasteiger charge is 2.33. The highest BCUT2D eigenvalue weighted by molar-refractivity contribution is 5.93. The van der Waals surface area contributed by atoms with Crippen LogP contribution in [0.3, 0.4) is 0 Å². The molecule has 6 heteroatoms. The Labute approximate surface area is 124 Å². The molecule has 0 aromatic carbocycles. The Hall–Kier alpha value is -1.87. The van der Waals surface area contributed by atoms with Crippen molar-refractivity contribution < 1.29 is 14.1 Å². The van der Waals surface area contributed by atoms with Gasteiger partial charge in [-0.05, 0) is 12.8 Å². The van der Waals surface area contributed by atoms with E-state index in [2.05, 4.69) is 16.5 Å². The smallest absolute Gasteiger partial charge is 0.274 e. The number of nitriles is 1. The van der Waals surface area contributed by atoms with Gasteiger partial charge in [-0.15, -0.1) is 0 Å². The van der Waals surface area contributed by atoms with Crippen LogP contribution in [0.4, 0.5) is 0 Å². The zero-order valence-corrected chi connectivity index (χ0v) is 12.4. The van der Waals surface area contributed by atoms with Crippen LogP contribution in [0.25, 0.3) is 0 Å². The van der Waals surface area contributed by atoms with Gasteiger partial charge in [0, 0.05) is 13.2 Å². The van der Waals surface area contributed by atoms with Gasteiger partial charge in [0.05, 0.1) is 6.07 Å². The van der Waals surface area contributed by atoms with E-state index in [9.17, 15) is 10.1 Å². The fourth-order valence-electron chi connectivity index (χ4n) is 2.69. The van der Waals surface area contributed by atoms with Gasteiger partial charge < -0.3 is 14.6 Å². The topological polar surface area (TPSA) is 88.1 Å². The van der Waals surface area contributed by atoms with E-state index in [0.29, 0.717) is 18.6 Å². The third-order valence-electron chi connectivity index (χ3n) is 3.85. The predicted octanol–water partition coefficient (Wildman–Crippen LogP) is 2.56. The van der Waals surface area contributed by atoms with E-state index in [1.54, 1.807) is 13.2 Å². The first kappa shape index (κ1) is 15.5. The summed E-state index contributed by atoms with van der Waals surface area (Å²) in [5.41, 5.74) is -0.587. The summed E-state index contributed by atoms with van der Waals surface area (Å²) in [6.07, 6.45) is 6.74. The van der Waals surface area contributed by atoms with E-state index in [1.165, 1.54) is 6.42 Å². The van der Waals surface area contributed by atoms with Crippen molar-refractivity contribution in [1.82, 2.24) is 10.5 Å². The van der Waals surface area contributed by atoms with Crippen molar-refractivity contribution in [3.63, 3.8) is 0 Å². The minimum absolute atomic E-state index is 0.193. The van der Waals surface area contributed by atoms with Gasteiger partial charge in [-0.1, -0.05) is 37.3 Å². The lowest BCUT2D eigenvalue weighted by Crippen LogP contribution is -2.47. The number of aromatic nitrogens is 1. The molecule has 114 valence electrons. The molecule has 1 aliphatic rings. The van der Waals surface area contributed by atoms with E-state index in [4.69, 9.17) is 9.26 Å². The van der Waals surface area contributed by atoms with Crippen LogP contribution in [0.15, 0.2) is 10.6 Å². The largest absolute Gasteiger partial charge is 0.377 e. The molecule has 0 bridgehead atoms. The lowest BCUT2D eigenvalue weighted by atomic mass is 9.85. The number of nitrogens with zero attached hydrogens (tertiary/aromatic N) is 2. The van der Waals surface area contributed by atoms with Gasteiger partial charge in [-0.25, -0.2) is 0 Å². The summed E-state index contributed by atoms with van der Waals surface area (Å²) < 4.78 is 9.93. The molecular weight excluding hydrogens is 270 g/mol. The third-order valence-corrected chi connectivity index (χ3v) is 3.85. The predicted molar refractivity (Wildman–Crippen MR) is 75.3 cm³/mol. The third kappa shape index (κ3) is 4.05. The fraction of sp³-hybridized carbons (Fsp3) is 0.667. The molecule has 1 N–H and O–H groups in total. The lowest BCUT2D eigenvalue weighted by molar-refractivity contribution is 0.0897. The van der Waals surface area contributed by atoms with Crippen LogP contribution in [0, 0.1) is 11.3 Å². The van der Waals surface area contributed by atoms with Gasteiger partial charge in [-0.3, -0.25) is 4.79 Å². The summed E-state index contributed by atoms with van der Waals surface area (Å²) in [5.74, 6) is 0.134. The number of rotatable bonds is 4. The Morgan fingerprint density at radius 2 is 2.10 bits per heavy atom. The van der Waals surface area contributed by atoms with Gasteiger partial charge in [0.1, 0.15) is 12.1 Å². The second-order valence-corrected chi connectivity index (χ2v) is 5.53. The minimum atomic E-state index is -0.780. The van der Waals surface area contributed by atoms with Crippen LogP contribution in [0.2, 0.25) is 0 Å². The van der Waals surface area contributed by atoms with Crippen molar-refractivity contribution in [2.24, 2.45) is 0 Å². The molecule has 21 heavy (non-hydrogen) atoms. The summed E-state index contributed by atoms with van der Waals surface area (Å²) >= 11 is 0. The first-order chi connectivity index (χ1) is 10.2. The molecule has 1 aromatic heterocycles.